The number of nitrogens with zero attached hydrogens (tertiary/aromatic N) is 1. The molecule has 0 unspecified atom stereocenters. The van der Waals surface area contributed by atoms with E-state index in [9.17, 15) is 13.2 Å². The molecule has 1 amide bonds. The van der Waals surface area contributed by atoms with Crippen LogP contribution < -0.4 is 23.8 Å². The van der Waals surface area contributed by atoms with E-state index in [4.69, 9.17) is 25.8 Å². The lowest BCUT2D eigenvalue weighted by molar-refractivity contribution is -0.122. The van der Waals surface area contributed by atoms with Crippen LogP contribution in [0, 0.1) is 0 Å². The van der Waals surface area contributed by atoms with E-state index in [1.807, 2.05) is 12.1 Å². The van der Waals surface area contributed by atoms with Gasteiger partial charge >= 0.3 is 0 Å². The van der Waals surface area contributed by atoms with E-state index >= 15 is 0 Å². The van der Waals surface area contributed by atoms with Crippen molar-refractivity contribution in [1.82, 2.24) is 5.32 Å². The van der Waals surface area contributed by atoms with Gasteiger partial charge in [0.2, 0.25) is 15.9 Å². The third-order valence-electron chi connectivity index (χ3n) is 4.55. The van der Waals surface area contributed by atoms with Crippen molar-refractivity contribution in [2.75, 3.05) is 30.8 Å². The molecule has 0 aliphatic carbocycles. The minimum absolute atomic E-state index is 0.165. The van der Waals surface area contributed by atoms with Crippen LogP contribution in [0.15, 0.2) is 42.5 Å². The number of carbonyl (C=O) groups is 1. The normalized spacial score (nSPS) is 16.5. The number of fused-ring (bicyclic) bond motifs is 1. The number of hydrogen-bond donors (Lipinski definition) is 1. The molecule has 1 heterocycles. The molecule has 2 aromatic rings. The van der Waals surface area contributed by atoms with E-state index in [2.05, 4.69) is 5.32 Å². The van der Waals surface area contributed by atoms with Crippen LogP contribution in [-0.2, 0) is 14.8 Å². The van der Waals surface area contributed by atoms with Crippen LogP contribution in [-0.4, -0.2) is 53.0 Å². The molecule has 1 N–H and O–H groups in total. The highest BCUT2D eigenvalue weighted by Crippen LogP contribution is 2.32. The van der Waals surface area contributed by atoms with E-state index in [0.29, 0.717) is 17.2 Å². The van der Waals surface area contributed by atoms with Crippen molar-refractivity contribution in [2.45, 2.75) is 19.1 Å². The highest BCUT2D eigenvalue weighted by atomic mass is 35.5. The maximum atomic E-state index is 12.7. The second-order valence-electron chi connectivity index (χ2n) is 6.80. The van der Waals surface area contributed by atoms with E-state index in [1.165, 1.54) is 26.2 Å². The van der Waals surface area contributed by atoms with Crippen molar-refractivity contribution < 1.29 is 27.4 Å². The number of ether oxygens (including phenoxy) is 3. The summed E-state index contributed by atoms with van der Waals surface area (Å²) in [7, 11) is -2.31. The molecule has 0 spiro atoms. The van der Waals surface area contributed by atoms with Gasteiger partial charge in [0.05, 0.1) is 30.6 Å². The van der Waals surface area contributed by atoms with Crippen molar-refractivity contribution >= 4 is 33.2 Å². The number of benzene rings is 2. The summed E-state index contributed by atoms with van der Waals surface area (Å²) in [4.78, 5) is 12.7. The van der Waals surface area contributed by atoms with E-state index in [0.717, 1.165) is 10.6 Å². The van der Waals surface area contributed by atoms with E-state index in [1.54, 1.807) is 18.2 Å². The van der Waals surface area contributed by atoms with Gasteiger partial charge in [-0.05, 0) is 37.3 Å². The Labute approximate surface area is 180 Å². The second-order valence-corrected chi connectivity index (χ2v) is 9.06. The average molecular weight is 455 g/mol. The molecule has 0 aromatic heterocycles. The molecule has 162 valence electrons. The van der Waals surface area contributed by atoms with Crippen molar-refractivity contribution in [2.24, 2.45) is 0 Å². The predicted molar refractivity (Wildman–Crippen MR) is 114 cm³/mol. The van der Waals surface area contributed by atoms with E-state index in [-0.39, 0.29) is 23.9 Å². The molecule has 0 fully saturated rings. The van der Waals surface area contributed by atoms with Gasteiger partial charge in [0, 0.05) is 0 Å². The summed E-state index contributed by atoms with van der Waals surface area (Å²) in [5.74, 6) is 1.17. The number of carbonyl (C=O) groups excluding carboxylic acids is 1. The Kier molecular flexibility index (Phi) is 6.62. The first-order valence-corrected chi connectivity index (χ1v) is 11.4. The molecule has 0 bridgehead atoms. The minimum atomic E-state index is -3.76. The molecule has 0 saturated carbocycles. The highest BCUT2D eigenvalue weighted by Gasteiger charge is 2.30. The Morgan fingerprint density at radius 2 is 2.00 bits per heavy atom. The monoisotopic (exact) mass is 454 g/mol. The van der Waals surface area contributed by atoms with Gasteiger partial charge in [0.25, 0.3) is 0 Å². The summed E-state index contributed by atoms with van der Waals surface area (Å²) in [6, 6.07) is 10.8. The Balaban J connectivity index is 1.70. The molecule has 8 nitrogen and oxygen atoms in total. The minimum Gasteiger partial charge on any atom is -0.495 e. The van der Waals surface area contributed by atoms with Gasteiger partial charge in [-0.15, -0.1) is 0 Å². The Bertz CT molecular complexity index is 1030. The zero-order chi connectivity index (χ0) is 21.9. The van der Waals surface area contributed by atoms with Gasteiger partial charge in [0.1, 0.15) is 24.5 Å². The number of amides is 1. The first-order chi connectivity index (χ1) is 14.2. The van der Waals surface area contributed by atoms with Gasteiger partial charge in [0.15, 0.2) is 11.5 Å². The molecule has 1 aliphatic heterocycles. The van der Waals surface area contributed by atoms with Crippen molar-refractivity contribution in [3.63, 3.8) is 0 Å². The zero-order valence-electron chi connectivity index (χ0n) is 16.8. The average Bonchev–Trinajstić information content (AvgIpc) is 2.71. The quantitative estimate of drug-likeness (QED) is 0.690. The third-order valence-corrected chi connectivity index (χ3v) is 6.09. The lowest BCUT2D eigenvalue weighted by Gasteiger charge is -2.30. The fraction of sp³-hybridized carbons (Fsp3) is 0.350. The van der Waals surface area contributed by atoms with Crippen molar-refractivity contribution in [1.29, 1.82) is 0 Å². The van der Waals surface area contributed by atoms with Crippen molar-refractivity contribution in [3.05, 3.63) is 47.5 Å². The number of halogens is 1. The lowest BCUT2D eigenvalue weighted by Crippen LogP contribution is -2.50. The van der Waals surface area contributed by atoms with Gasteiger partial charge in [-0.2, -0.15) is 0 Å². The third kappa shape index (κ3) is 4.91. The molecule has 10 heteroatoms. The van der Waals surface area contributed by atoms with E-state index < -0.39 is 28.1 Å². The number of nitrogens with one attached hydrogen (secondary N) is 1. The predicted octanol–water partition coefficient (Wildman–Crippen LogP) is 2.46. The largest absolute Gasteiger partial charge is 0.495 e. The maximum Gasteiger partial charge on any atom is 0.243 e. The molecular weight excluding hydrogens is 432 g/mol. The van der Waals surface area contributed by atoms with Crippen LogP contribution in [0.25, 0.3) is 0 Å². The number of hydrogen-bond acceptors (Lipinski definition) is 6. The molecule has 0 saturated heterocycles. The summed E-state index contributed by atoms with van der Waals surface area (Å²) >= 11 is 6.13. The van der Waals surface area contributed by atoms with Crippen molar-refractivity contribution in [3.8, 4) is 17.2 Å². The van der Waals surface area contributed by atoms with Gasteiger partial charge in [-0.25, -0.2) is 8.42 Å². The smallest absolute Gasteiger partial charge is 0.243 e. The maximum absolute atomic E-state index is 12.7. The summed E-state index contributed by atoms with van der Waals surface area (Å²) in [5, 5.41) is 2.97. The molecule has 2 aromatic carbocycles. The zero-order valence-corrected chi connectivity index (χ0v) is 18.4. The number of sulfonamides is 1. The Morgan fingerprint density at radius 1 is 1.30 bits per heavy atom. The molecule has 1 aliphatic rings. The molecule has 2 atom stereocenters. The fourth-order valence-corrected chi connectivity index (χ4v) is 4.55. The van der Waals surface area contributed by atoms with Gasteiger partial charge in [-0.1, -0.05) is 23.7 Å². The number of methoxy groups -OCH3 is 1. The van der Waals surface area contributed by atoms with Crippen LogP contribution in [0.1, 0.15) is 6.92 Å². The Morgan fingerprint density at radius 3 is 2.63 bits per heavy atom. The first-order valence-electron chi connectivity index (χ1n) is 9.20. The highest BCUT2D eigenvalue weighted by molar-refractivity contribution is 7.92. The first kappa shape index (κ1) is 22.0. The molecule has 3 rings (SSSR count). The summed E-state index contributed by atoms with van der Waals surface area (Å²) in [6.07, 6.45) is 0.641. The number of rotatable bonds is 7. The van der Waals surface area contributed by atoms with Gasteiger partial charge in [-0.3, -0.25) is 9.10 Å². The summed E-state index contributed by atoms with van der Waals surface area (Å²) in [5.41, 5.74) is 0.261. The van der Waals surface area contributed by atoms with Crippen LogP contribution in [0.2, 0.25) is 5.02 Å². The van der Waals surface area contributed by atoms with Crippen LogP contribution in [0.4, 0.5) is 5.69 Å². The van der Waals surface area contributed by atoms with Crippen LogP contribution >= 0.6 is 11.6 Å². The SMILES string of the molecule is COc1ccc(N([C@H](C)C(=O)NC[C@@H]2COc3ccccc3O2)S(C)(=O)=O)cc1Cl. The Hall–Kier alpha value is -2.65. The molecule has 0 radical (unpaired) electrons. The lowest BCUT2D eigenvalue weighted by atomic mass is 10.2. The summed E-state index contributed by atoms with van der Waals surface area (Å²) in [6.45, 7) is 1.94. The summed E-state index contributed by atoms with van der Waals surface area (Å²) < 4.78 is 42.4. The number of para-hydroxylation sites is 2. The molecule has 30 heavy (non-hydrogen) atoms. The van der Waals surface area contributed by atoms with Gasteiger partial charge < -0.3 is 19.5 Å². The number of anilines is 1. The topological polar surface area (TPSA) is 94.2 Å². The second kappa shape index (κ2) is 9.01. The van der Waals surface area contributed by atoms with Crippen LogP contribution in [0.3, 0.4) is 0 Å². The van der Waals surface area contributed by atoms with Crippen LogP contribution in [0.5, 0.6) is 17.2 Å². The standard InChI is InChI=1S/C20H23ClN2O6S/c1-13(23(30(3,25)26)14-8-9-17(27-2)16(21)10-14)20(24)22-11-15-12-28-18-6-4-5-7-19(18)29-15/h4-10,13,15H,11-12H2,1-3H3,(H,22,24)/t13-,15-/m1/s1. The molecular formula is C20H23ClN2O6S. The fourth-order valence-electron chi connectivity index (χ4n) is 3.13.